The van der Waals surface area contributed by atoms with Crippen LogP contribution >= 0.6 is 11.6 Å². The number of fused-ring (bicyclic) bond motifs is 1. The molecule has 1 aliphatic rings. The van der Waals surface area contributed by atoms with Crippen LogP contribution in [0.5, 0.6) is 11.5 Å². The zero-order chi connectivity index (χ0) is 30.9. The van der Waals surface area contributed by atoms with Crippen molar-refractivity contribution < 1.29 is 13.9 Å². The Kier molecular flexibility index (Phi) is 10.8. The maximum atomic E-state index is 14.7. The van der Waals surface area contributed by atoms with Gasteiger partial charge in [0.05, 0.1) is 10.6 Å². The number of pyridine rings is 1. The third-order valence-electron chi connectivity index (χ3n) is 7.86. The molecule has 1 aromatic heterocycles. The number of hydrogen-bond donors (Lipinski definition) is 1. The van der Waals surface area contributed by atoms with Crippen LogP contribution < -0.4 is 14.8 Å². The smallest absolute Gasteiger partial charge is 0.142 e. The quantitative estimate of drug-likeness (QED) is 0.146. The molecule has 4 aromatic rings. The van der Waals surface area contributed by atoms with Crippen molar-refractivity contribution in [1.82, 2.24) is 15.2 Å². The fraction of sp³-hybridized carbons (Fsp3) is 0.333. The molecule has 1 aliphatic carbocycles. The molecule has 0 unspecified atom stereocenters. The first-order chi connectivity index (χ1) is 21.4. The van der Waals surface area contributed by atoms with Gasteiger partial charge in [0, 0.05) is 41.7 Å². The number of nitrogens with one attached hydrogen (secondary N) is 1. The number of aromatic nitrogens is 1. The largest absolute Gasteiger partial charge is 0.488 e. The van der Waals surface area contributed by atoms with E-state index >= 15 is 0 Å². The van der Waals surface area contributed by atoms with Gasteiger partial charge in [0.2, 0.25) is 0 Å². The lowest BCUT2D eigenvalue weighted by atomic mass is 9.96. The molecule has 0 bridgehead atoms. The molecule has 44 heavy (non-hydrogen) atoms. The van der Waals surface area contributed by atoms with Gasteiger partial charge in [-0.05, 0) is 87.8 Å². The average molecular weight is 613 g/mol. The van der Waals surface area contributed by atoms with Gasteiger partial charge < -0.3 is 19.7 Å². The minimum absolute atomic E-state index is 0.218. The van der Waals surface area contributed by atoms with E-state index in [4.69, 9.17) is 21.1 Å². The van der Waals surface area contributed by atoms with Gasteiger partial charge in [0.25, 0.3) is 0 Å². The standard InChI is InChI=1S/C36H38ClFN4O2/c1-42(2)16-7-3-6-15-40-23-27-18-32(37)36(19-35(27)43-24-26-17-25(20-39)21-41-22-26)44-34-14-13-29-28(10-8-11-31(29)34)30-9-4-5-12-33(30)38/h4-5,8-12,17-19,21-22,34,40H,3,6-7,13-16,23-24H2,1-2H3/t34-/m0/s1. The van der Waals surface area contributed by atoms with Gasteiger partial charge in [-0.25, -0.2) is 4.39 Å². The zero-order valence-electron chi connectivity index (χ0n) is 25.3. The maximum Gasteiger partial charge on any atom is 0.142 e. The van der Waals surface area contributed by atoms with Crippen LogP contribution in [0.15, 0.2) is 73.1 Å². The van der Waals surface area contributed by atoms with Crippen molar-refractivity contribution in [2.24, 2.45) is 0 Å². The van der Waals surface area contributed by atoms with Gasteiger partial charge in [-0.3, -0.25) is 4.98 Å². The molecule has 0 radical (unpaired) electrons. The Balaban J connectivity index is 1.34. The number of halogens is 2. The predicted octanol–water partition coefficient (Wildman–Crippen LogP) is 7.88. The van der Waals surface area contributed by atoms with Gasteiger partial charge in [0.15, 0.2) is 0 Å². The molecule has 0 spiro atoms. The second-order valence-corrected chi connectivity index (χ2v) is 11.8. The molecule has 0 aliphatic heterocycles. The molecule has 1 atom stereocenters. The van der Waals surface area contributed by atoms with Crippen molar-refractivity contribution in [3.8, 4) is 28.7 Å². The fourth-order valence-electron chi connectivity index (χ4n) is 5.63. The van der Waals surface area contributed by atoms with Crippen LogP contribution in [0.1, 0.15) is 59.6 Å². The summed E-state index contributed by atoms with van der Waals surface area (Å²) < 4.78 is 27.5. The second kappa shape index (κ2) is 15.2. The van der Waals surface area contributed by atoms with E-state index in [1.54, 1.807) is 18.3 Å². The molecule has 8 heteroatoms. The molecule has 1 heterocycles. The van der Waals surface area contributed by atoms with Crippen LogP contribution in [0, 0.1) is 17.1 Å². The van der Waals surface area contributed by atoms with Crippen molar-refractivity contribution in [2.75, 3.05) is 27.2 Å². The van der Waals surface area contributed by atoms with E-state index in [1.165, 1.54) is 18.7 Å². The van der Waals surface area contributed by atoms with Crippen LogP contribution in [0.2, 0.25) is 5.02 Å². The van der Waals surface area contributed by atoms with Crippen LogP contribution in [-0.2, 0) is 19.6 Å². The molecular formula is C36H38ClFN4O2. The Bertz CT molecular complexity index is 1620. The maximum absolute atomic E-state index is 14.7. The van der Waals surface area contributed by atoms with E-state index in [0.717, 1.165) is 66.6 Å². The van der Waals surface area contributed by atoms with Crippen LogP contribution in [0.4, 0.5) is 4.39 Å². The van der Waals surface area contributed by atoms with Gasteiger partial charge in [-0.15, -0.1) is 0 Å². The first-order valence-corrected chi connectivity index (χ1v) is 15.5. The van der Waals surface area contributed by atoms with Crippen LogP contribution in [0.3, 0.4) is 0 Å². The topological polar surface area (TPSA) is 70.4 Å². The highest BCUT2D eigenvalue weighted by atomic mass is 35.5. The SMILES string of the molecule is CN(C)CCCCCNCc1cc(Cl)c(O[C@H]2CCc3c(-c4ccccc4F)cccc32)cc1OCc1cncc(C#N)c1. The van der Waals surface area contributed by atoms with Gasteiger partial charge in [-0.2, -0.15) is 5.26 Å². The summed E-state index contributed by atoms with van der Waals surface area (Å²) in [4.78, 5) is 6.36. The first kappa shape index (κ1) is 31.5. The summed E-state index contributed by atoms with van der Waals surface area (Å²) in [6.07, 6.45) is 7.97. The van der Waals surface area contributed by atoms with Crippen LogP contribution in [-0.4, -0.2) is 37.1 Å². The Morgan fingerprint density at radius 3 is 2.68 bits per heavy atom. The lowest BCUT2D eigenvalue weighted by molar-refractivity contribution is 0.206. The molecule has 0 amide bonds. The van der Waals surface area contributed by atoms with E-state index in [1.807, 2.05) is 36.4 Å². The molecule has 3 aromatic carbocycles. The van der Waals surface area contributed by atoms with Crippen molar-refractivity contribution in [1.29, 1.82) is 5.26 Å². The summed E-state index contributed by atoms with van der Waals surface area (Å²) in [5.74, 6) is 0.959. The number of unbranched alkanes of at least 4 members (excludes halogenated alkanes) is 2. The van der Waals surface area contributed by atoms with E-state index in [-0.39, 0.29) is 18.5 Å². The number of nitriles is 1. The number of rotatable bonds is 14. The highest BCUT2D eigenvalue weighted by Gasteiger charge is 2.28. The predicted molar refractivity (Wildman–Crippen MR) is 172 cm³/mol. The minimum Gasteiger partial charge on any atom is -0.488 e. The van der Waals surface area contributed by atoms with E-state index in [0.29, 0.717) is 34.2 Å². The Morgan fingerprint density at radius 1 is 1.02 bits per heavy atom. The van der Waals surface area contributed by atoms with Crippen molar-refractivity contribution in [2.45, 2.75) is 51.4 Å². The van der Waals surface area contributed by atoms with Crippen molar-refractivity contribution in [3.63, 3.8) is 0 Å². The van der Waals surface area contributed by atoms with E-state index < -0.39 is 0 Å². The van der Waals surface area contributed by atoms with Crippen LogP contribution in [0.25, 0.3) is 11.1 Å². The lowest BCUT2D eigenvalue weighted by Crippen LogP contribution is -2.17. The zero-order valence-corrected chi connectivity index (χ0v) is 26.0. The number of hydrogen-bond acceptors (Lipinski definition) is 6. The minimum atomic E-state index is -0.233. The molecule has 1 N–H and O–H groups in total. The number of ether oxygens (including phenoxy) is 2. The third kappa shape index (κ3) is 7.95. The lowest BCUT2D eigenvalue weighted by Gasteiger charge is -2.20. The van der Waals surface area contributed by atoms with Gasteiger partial charge in [-0.1, -0.05) is 54.4 Å². The number of nitrogens with zero attached hydrogens (tertiary/aromatic N) is 3. The molecule has 6 nitrogen and oxygen atoms in total. The Hall–Kier alpha value is -3.96. The molecule has 0 saturated heterocycles. The first-order valence-electron chi connectivity index (χ1n) is 15.1. The summed E-state index contributed by atoms with van der Waals surface area (Å²) >= 11 is 6.81. The van der Waals surface area contributed by atoms with E-state index in [2.05, 4.69) is 41.4 Å². The summed E-state index contributed by atoms with van der Waals surface area (Å²) in [6, 6.07) is 20.5. The van der Waals surface area contributed by atoms with Gasteiger partial charge >= 0.3 is 0 Å². The molecule has 228 valence electrons. The highest BCUT2D eigenvalue weighted by Crippen LogP contribution is 2.43. The normalized spacial score (nSPS) is 14.0. The van der Waals surface area contributed by atoms with Crippen molar-refractivity contribution >= 4 is 11.6 Å². The monoisotopic (exact) mass is 612 g/mol. The summed E-state index contributed by atoms with van der Waals surface area (Å²) in [5, 5.41) is 13.3. The fourth-order valence-corrected chi connectivity index (χ4v) is 5.86. The molecule has 0 saturated carbocycles. The second-order valence-electron chi connectivity index (χ2n) is 11.4. The molecular weight excluding hydrogens is 575 g/mol. The summed E-state index contributed by atoms with van der Waals surface area (Å²) in [7, 11) is 4.19. The average Bonchev–Trinajstić information content (AvgIpc) is 3.44. The summed E-state index contributed by atoms with van der Waals surface area (Å²) in [6.45, 7) is 2.82. The third-order valence-corrected chi connectivity index (χ3v) is 8.15. The van der Waals surface area contributed by atoms with E-state index in [9.17, 15) is 9.65 Å². The van der Waals surface area contributed by atoms with Gasteiger partial charge in [0.1, 0.15) is 36.1 Å². The Labute approximate surface area is 264 Å². The molecule has 5 rings (SSSR count). The molecule has 0 fully saturated rings. The Morgan fingerprint density at radius 2 is 1.86 bits per heavy atom. The highest BCUT2D eigenvalue weighted by molar-refractivity contribution is 6.32. The summed E-state index contributed by atoms with van der Waals surface area (Å²) in [5.41, 5.74) is 5.86. The number of benzene rings is 3. The van der Waals surface area contributed by atoms with Crippen molar-refractivity contribution in [3.05, 3.63) is 112 Å².